The fourth-order valence-electron chi connectivity index (χ4n) is 1.73. The average molecular weight is 275 g/mol. The van der Waals surface area contributed by atoms with Crippen molar-refractivity contribution in [2.24, 2.45) is 5.73 Å². The lowest BCUT2D eigenvalue weighted by Gasteiger charge is -2.13. The Labute approximate surface area is 116 Å². The minimum Gasteiger partial charge on any atom is -0.370 e. The maximum atomic E-state index is 11.8. The van der Waals surface area contributed by atoms with E-state index in [1.807, 2.05) is 24.3 Å². The Kier molecular flexibility index (Phi) is 4.80. The molecule has 7 heteroatoms. The maximum absolute atomic E-state index is 11.8. The molecule has 0 radical (unpaired) electrons. The zero-order valence-corrected chi connectivity index (χ0v) is 11.2. The molecule has 3 N–H and O–H groups in total. The second-order valence-electron chi connectivity index (χ2n) is 4.24. The second kappa shape index (κ2) is 6.78. The number of carbonyl (C=O) groups is 1. The van der Waals surface area contributed by atoms with Crippen LogP contribution in [-0.2, 0) is 16.1 Å². The van der Waals surface area contributed by atoms with Crippen LogP contribution in [-0.4, -0.2) is 40.4 Å². The Hall–Kier alpha value is -2.25. The van der Waals surface area contributed by atoms with Crippen molar-refractivity contribution in [3.05, 3.63) is 42.5 Å². The number of hydrogen-bond donors (Lipinski definition) is 2. The van der Waals surface area contributed by atoms with E-state index in [1.165, 1.54) is 13.4 Å². The van der Waals surface area contributed by atoms with Gasteiger partial charge >= 0.3 is 0 Å². The van der Waals surface area contributed by atoms with Crippen LogP contribution >= 0.6 is 0 Å². The van der Waals surface area contributed by atoms with Crippen molar-refractivity contribution in [1.82, 2.24) is 14.8 Å². The number of amides is 1. The average Bonchev–Trinajstić information content (AvgIpc) is 2.95. The number of nitrogens with two attached hydrogens (primary N) is 1. The summed E-state index contributed by atoms with van der Waals surface area (Å²) in [6.07, 6.45) is 2.51. The fraction of sp³-hybridized carbons (Fsp3) is 0.308. The topological polar surface area (TPSA) is 95.1 Å². The summed E-state index contributed by atoms with van der Waals surface area (Å²) in [4.78, 5) is 15.7. The fourth-order valence-corrected chi connectivity index (χ4v) is 1.73. The molecular formula is C13H17N5O2. The summed E-state index contributed by atoms with van der Waals surface area (Å²) in [5.74, 6) is -0.251. The van der Waals surface area contributed by atoms with Crippen LogP contribution in [0.2, 0.25) is 0 Å². The lowest BCUT2D eigenvalue weighted by atomic mass is 10.2. The van der Waals surface area contributed by atoms with Crippen molar-refractivity contribution >= 4 is 11.6 Å². The standard InChI is InChI=1S/C13H17N5O2/c1-20-12(6-14)13(19)17-11-4-2-10(3-5-11)7-18-9-15-8-16-18/h2-5,8-9,12H,6-7,14H2,1H3,(H,17,19). The van der Waals surface area contributed by atoms with Crippen molar-refractivity contribution < 1.29 is 9.53 Å². The number of rotatable bonds is 6. The second-order valence-corrected chi connectivity index (χ2v) is 4.24. The van der Waals surface area contributed by atoms with E-state index in [2.05, 4.69) is 15.4 Å². The highest BCUT2D eigenvalue weighted by molar-refractivity contribution is 5.94. The van der Waals surface area contributed by atoms with E-state index in [1.54, 1.807) is 11.0 Å². The zero-order chi connectivity index (χ0) is 14.4. The number of methoxy groups -OCH3 is 1. The van der Waals surface area contributed by atoms with E-state index >= 15 is 0 Å². The van der Waals surface area contributed by atoms with Crippen molar-refractivity contribution in [1.29, 1.82) is 0 Å². The highest BCUT2D eigenvalue weighted by Gasteiger charge is 2.15. The molecule has 0 aliphatic rings. The number of hydrogen-bond acceptors (Lipinski definition) is 5. The molecule has 106 valence electrons. The first-order valence-corrected chi connectivity index (χ1v) is 6.18. The van der Waals surface area contributed by atoms with Crippen LogP contribution in [0.4, 0.5) is 5.69 Å². The molecule has 20 heavy (non-hydrogen) atoms. The molecule has 2 rings (SSSR count). The van der Waals surface area contributed by atoms with E-state index in [0.717, 1.165) is 5.56 Å². The third-order valence-corrected chi connectivity index (χ3v) is 2.82. The van der Waals surface area contributed by atoms with Crippen LogP contribution in [0.3, 0.4) is 0 Å². The number of benzene rings is 1. The molecule has 1 heterocycles. The van der Waals surface area contributed by atoms with E-state index < -0.39 is 6.10 Å². The van der Waals surface area contributed by atoms with Gasteiger partial charge in [0.05, 0.1) is 6.54 Å². The molecule has 2 aromatic rings. The first-order chi connectivity index (χ1) is 9.72. The van der Waals surface area contributed by atoms with Gasteiger partial charge < -0.3 is 15.8 Å². The van der Waals surface area contributed by atoms with Gasteiger partial charge in [-0.2, -0.15) is 5.10 Å². The molecule has 0 spiro atoms. The Morgan fingerprint density at radius 2 is 2.20 bits per heavy atom. The highest BCUT2D eigenvalue weighted by atomic mass is 16.5. The zero-order valence-electron chi connectivity index (χ0n) is 11.2. The largest absolute Gasteiger partial charge is 0.370 e. The van der Waals surface area contributed by atoms with Gasteiger partial charge in [0.2, 0.25) is 0 Å². The van der Waals surface area contributed by atoms with E-state index in [9.17, 15) is 4.79 Å². The number of carbonyl (C=O) groups excluding carboxylic acids is 1. The summed E-state index contributed by atoms with van der Waals surface area (Å²) in [6, 6.07) is 7.49. The minimum atomic E-state index is -0.634. The molecule has 1 atom stereocenters. The van der Waals surface area contributed by atoms with Gasteiger partial charge in [-0.3, -0.25) is 4.79 Å². The molecule has 0 bridgehead atoms. The molecule has 0 aliphatic heterocycles. The van der Waals surface area contributed by atoms with Crippen molar-refractivity contribution in [3.63, 3.8) is 0 Å². The van der Waals surface area contributed by atoms with Crippen LogP contribution in [0.15, 0.2) is 36.9 Å². The van der Waals surface area contributed by atoms with Gasteiger partial charge in [-0.05, 0) is 17.7 Å². The van der Waals surface area contributed by atoms with Gasteiger partial charge in [0.25, 0.3) is 5.91 Å². The monoisotopic (exact) mass is 275 g/mol. The van der Waals surface area contributed by atoms with Gasteiger partial charge in [0.15, 0.2) is 0 Å². The first kappa shape index (κ1) is 14.2. The first-order valence-electron chi connectivity index (χ1n) is 6.18. The Balaban J connectivity index is 1.96. The summed E-state index contributed by atoms with van der Waals surface area (Å²) < 4.78 is 6.70. The molecule has 1 aromatic carbocycles. The molecule has 0 aliphatic carbocycles. The van der Waals surface area contributed by atoms with Crippen LogP contribution in [0, 0.1) is 0 Å². The number of ether oxygens (including phenoxy) is 1. The van der Waals surface area contributed by atoms with Gasteiger partial charge in [-0.1, -0.05) is 12.1 Å². The highest BCUT2D eigenvalue weighted by Crippen LogP contribution is 2.11. The molecular weight excluding hydrogens is 258 g/mol. The molecule has 0 fully saturated rings. The molecule has 0 saturated heterocycles. The SMILES string of the molecule is COC(CN)C(=O)Nc1ccc(Cn2cncn2)cc1. The lowest BCUT2D eigenvalue weighted by Crippen LogP contribution is -2.35. The summed E-state index contributed by atoms with van der Waals surface area (Å²) in [5, 5.41) is 6.78. The van der Waals surface area contributed by atoms with Gasteiger partial charge in [0, 0.05) is 19.3 Å². The summed E-state index contributed by atoms with van der Waals surface area (Å²) >= 11 is 0. The van der Waals surface area contributed by atoms with Crippen molar-refractivity contribution in [3.8, 4) is 0 Å². The van der Waals surface area contributed by atoms with Gasteiger partial charge in [-0.25, -0.2) is 9.67 Å². The molecule has 0 saturated carbocycles. The van der Waals surface area contributed by atoms with Crippen LogP contribution in [0.25, 0.3) is 0 Å². The number of aromatic nitrogens is 3. The predicted octanol–water partition coefficient (Wildman–Crippen LogP) is 0.239. The molecule has 1 aromatic heterocycles. The molecule has 1 amide bonds. The van der Waals surface area contributed by atoms with E-state index in [-0.39, 0.29) is 12.5 Å². The summed E-state index contributed by atoms with van der Waals surface area (Å²) in [7, 11) is 1.46. The predicted molar refractivity (Wildman–Crippen MR) is 74.0 cm³/mol. The molecule has 1 unspecified atom stereocenters. The maximum Gasteiger partial charge on any atom is 0.254 e. The lowest BCUT2D eigenvalue weighted by molar-refractivity contribution is -0.125. The summed E-state index contributed by atoms with van der Waals surface area (Å²) in [5.41, 5.74) is 7.20. The van der Waals surface area contributed by atoms with E-state index in [0.29, 0.717) is 12.2 Å². The molecule has 7 nitrogen and oxygen atoms in total. The Morgan fingerprint density at radius 1 is 1.45 bits per heavy atom. The summed E-state index contributed by atoms with van der Waals surface area (Å²) in [6.45, 7) is 0.782. The number of anilines is 1. The third-order valence-electron chi connectivity index (χ3n) is 2.82. The van der Waals surface area contributed by atoms with Gasteiger partial charge in [0.1, 0.15) is 18.8 Å². The quantitative estimate of drug-likeness (QED) is 0.787. The van der Waals surface area contributed by atoms with Crippen LogP contribution < -0.4 is 11.1 Å². The minimum absolute atomic E-state index is 0.146. The normalized spacial score (nSPS) is 12.1. The van der Waals surface area contributed by atoms with Gasteiger partial charge in [-0.15, -0.1) is 0 Å². The van der Waals surface area contributed by atoms with Crippen molar-refractivity contribution in [2.75, 3.05) is 19.0 Å². The van der Waals surface area contributed by atoms with E-state index in [4.69, 9.17) is 10.5 Å². The van der Waals surface area contributed by atoms with Crippen molar-refractivity contribution in [2.45, 2.75) is 12.6 Å². The van der Waals surface area contributed by atoms with Crippen LogP contribution in [0.5, 0.6) is 0 Å². The number of nitrogens with zero attached hydrogens (tertiary/aromatic N) is 3. The van der Waals surface area contributed by atoms with Crippen LogP contribution in [0.1, 0.15) is 5.56 Å². The third kappa shape index (κ3) is 3.62. The number of nitrogens with one attached hydrogen (secondary N) is 1. The Morgan fingerprint density at radius 3 is 2.75 bits per heavy atom. The Bertz CT molecular complexity index is 534. The smallest absolute Gasteiger partial charge is 0.254 e.